The van der Waals surface area contributed by atoms with Crippen LogP contribution >= 0.6 is 0 Å². The van der Waals surface area contributed by atoms with Gasteiger partial charge in [0.25, 0.3) is 18.8 Å². The number of hydrogen-bond acceptors (Lipinski definition) is 3. The summed E-state index contributed by atoms with van der Waals surface area (Å²) in [4.78, 5) is 15.4. The highest BCUT2D eigenvalue weighted by Gasteiger charge is 2.21. The third kappa shape index (κ3) is 3.34. The maximum absolute atomic E-state index is 13.0. The predicted molar refractivity (Wildman–Crippen MR) is 70.1 cm³/mol. The van der Waals surface area contributed by atoms with Crippen molar-refractivity contribution in [3.8, 4) is 0 Å². The molecule has 0 radical (unpaired) electrons. The maximum atomic E-state index is 13.0. The highest BCUT2D eigenvalue weighted by molar-refractivity contribution is 5.93. The van der Waals surface area contributed by atoms with E-state index in [2.05, 4.69) is 15.4 Å². The van der Waals surface area contributed by atoms with Crippen LogP contribution in [-0.4, -0.2) is 27.0 Å². The smallest absolute Gasteiger partial charge is 0.280 e. The van der Waals surface area contributed by atoms with Gasteiger partial charge in [-0.1, -0.05) is 13.3 Å². The zero-order valence-corrected chi connectivity index (χ0v) is 11.7. The van der Waals surface area contributed by atoms with Crippen molar-refractivity contribution in [1.82, 2.24) is 19.9 Å². The molecule has 9 heteroatoms. The largest absolute Gasteiger partial charge is 0.351 e. The van der Waals surface area contributed by atoms with Gasteiger partial charge in [-0.25, -0.2) is 27.1 Å². The van der Waals surface area contributed by atoms with Crippen molar-refractivity contribution in [1.29, 1.82) is 0 Å². The zero-order valence-electron chi connectivity index (χ0n) is 11.7. The molecule has 2 rings (SSSR count). The summed E-state index contributed by atoms with van der Waals surface area (Å²) in [6, 6.07) is 1.70. The van der Waals surface area contributed by atoms with Crippen molar-refractivity contribution in [3.63, 3.8) is 0 Å². The van der Waals surface area contributed by atoms with E-state index in [9.17, 15) is 22.4 Å². The first kappa shape index (κ1) is 16.2. The van der Waals surface area contributed by atoms with E-state index in [0.29, 0.717) is 17.1 Å². The Balaban J connectivity index is 2.40. The molecule has 1 amide bonds. The van der Waals surface area contributed by atoms with Gasteiger partial charge in [-0.15, -0.1) is 0 Å². The summed E-state index contributed by atoms with van der Waals surface area (Å²) >= 11 is 0. The fourth-order valence-electron chi connectivity index (χ4n) is 1.87. The van der Waals surface area contributed by atoms with Crippen molar-refractivity contribution >= 4 is 11.6 Å². The average Bonchev–Trinajstić information content (AvgIpc) is 2.89. The molecule has 0 saturated heterocycles. The van der Waals surface area contributed by atoms with Crippen molar-refractivity contribution < 1.29 is 22.4 Å². The van der Waals surface area contributed by atoms with Gasteiger partial charge in [0.15, 0.2) is 11.3 Å². The first-order chi connectivity index (χ1) is 10.4. The lowest BCUT2D eigenvalue weighted by atomic mass is 10.3. The number of nitrogens with one attached hydrogen (secondary N) is 1. The topological polar surface area (TPSA) is 59.3 Å². The number of alkyl halides is 4. The number of carbonyl (C=O) groups excluding carboxylic acids is 1. The lowest BCUT2D eigenvalue weighted by molar-refractivity contribution is 0.0946. The summed E-state index contributed by atoms with van der Waals surface area (Å²) in [6.07, 6.45) is -4.37. The van der Waals surface area contributed by atoms with Gasteiger partial charge in [0.1, 0.15) is 11.4 Å². The molecule has 5 nitrogen and oxygen atoms in total. The number of hydrogen-bond donors (Lipinski definition) is 1. The SMILES string of the molecule is CCCCNC(=O)c1cc2nc(C(F)F)cc(C(F)F)n2n1. The lowest BCUT2D eigenvalue weighted by Gasteiger charge is -2.06. The summed E-state index contributed by atoms with van der Waals surface area (Å²) in [5, 5.41) is 6.30. The van der Waals surface area contributed by atoms with Gasteiger partial charge in [-0.3, -0.25) is 4.79 Å². The Morgan fingerprint density at radius 3 is 2.59 bits per heavy atom. The molecule has 2 aromatic heterocycles. The molecule has 120 valence electrons. The van der Waals surface area contributed by atoms with Crippen LogP contribution in [0.15, 0.2) is 12.1 Å². The normalized spacial score (nSPS) is 11.6. The molecule has 2 heterocycles. The molecule has 0 unspecified atom stereocenters. The minimum atomic E-state index is -3.01. The molecule has 0 bridgehead atoms. The third-order valence-electron chi connectivity index (χ3n) is 2.97. The van der Waals surface area contributed by atoms with Gasteiger partial charge in [0, 0.05) is 12.6 Å². The molecule has 0 fully saturated rings. The first-order valence-electron chi connectivity index (χ1n) is 6.69. The quantitative estimate of drug-likeness (QED) is 0.657. The lowest BCUT2D eigenvalue weighted by Crippen LogP contribution is -2.24. The molecular formula is C13H14F4N4O. The Bertz CT molecular complexity index is 671. The van der Waals surface area contributed by atoms with Crippen molar-refractivity contribution in [2.45, 2.75) is 32.6 Å². The van der Waals surface area contributed by atoms with Crippen LogP contribution in [0.2, 0.25) is 0 Å². The second-order valence-corrected chi connectivity index (χ2v) is 4.62. The fraction of sp³-hybridized carbons (Fsp3) is 0.462. The fourth-order valence-corrected chi connectivity index (χ4v) is 1.87. The van der Waals surface area contributed by atoms with Gasteiger partial charge < -0.3 is 5.32 Å². The standard InChI is InChI=1S/C13H14F4N4O/c1-2-3-4-18-13(22)8-6-10-19-7(11(14)15)5-9(12(16)17)21(10)20-8/h5-6,11-12H,2-4H2,1H3,(H,18,22). The van der Waals surface area contributed by atoms with E-state index in [-0.39, 0.29) is 11.3 Å². The second-order valence-electron chi connectivity index (χ2n) is 4.62. The molecule has 0 aliphatic rings. The highest BCUT2D eigenvalue weighted by Crippen LogP contribution is 2.25. The van der Waals surface area contributed by atoms with Crippen LogP contribution in [0.3, 0.4) is 0 Å². The molecule has 1 N–H and O–H groups in total. The van der Waals surface area contributed by atoms with Crippen LogP contribution in [-0.2, 0) is 0 Å². The van der Waals surface area contributed by atoms with Crippen LogP contribution in [0.1, 0.15) is 54.5 Å². The van der Waals surface area contributed by atoms with E-state index in [1.54, 1.807) is 0 Å². The number of aromatic nitrogens is 3. The van der Waals surface area contributed by atoms with E-state index >= 15 is 0 Å². The van der Waals surface area contributed by atoms with E-state index < -0.39 is 30.1 Å². The van der Waals surface area contributed by atoms with Gasteiger partial charge >= 0.3 is 0 Å². The number of rotatable bonds is 6. The Labute approximate surface area is 123 Å². The Morgan fingerprint density at radius 1 is 1.27 bits per heavy atom. The molecule has 0 aliphatic carbocycles. The van der Waals surface area contributed by atoms with Crippen LogP contribution in [0, 0.1) is 0 Å². The molecule has 0 saturated carbocycles. The molecule has 22 heavy (non-hydrogen) atoms. The van der Waals surface area contributed by atoms with Gasteiger partial charge in [0.2, 0.25) is 0 Å². The van der Waals surface area contributed by atoms with E-state index in [1.165, 1.54) is 0 Å². The first-order valence-corrected chi connectivity index (χ1v) is 6.69. The van der Waals surface area contributed by atoms with E-state index in [0.717, 1.165) is 18.9 Å². The van der Waals surface area contributed by atoms with Gasteiger partial charge in [-0.2, -0.15) is 5.10 Å². The molecule has 0 aromatic carbocycles. The Hall–Kier alpha value is -2.19. The second kappa shape index (κ2) is 6.71. The van der Waals surface area contributed by atoms with Crippen LogP contribution in [0.5, 0.6) is 0 Å². The van der Waals surface area contributed by atoms with Crippen molar-refractivity contribution in [3.05, 3.63) is 29.2 Å². The molecular weight excluding hydrogens is 304 g/mol. The molecule has 0 spiro atoms. The van der Waals surface area contributed by atoms with Crippen molar-refractivity contribution in [2.24, 2.45) is 0 Å². The number of unbranched alkanes of at least 4 members (excludes halogenated alkanes) is 1. The Morgan fingerprint density at radius 2 is 2.00 bits per heavy atom. The van der Waals surface area contributed by atoms with Crippen LogP contribution < -0.4 is 5.32 Å². The number of carbonyl (C=O) groups is 1. The minimum Gasteiger partial charge on any atom is -0.351 e. The number of fused-ring (bicyclic) bond motifs is 1. The summed E-state index contributed by atoms with van der Waals surface area (Å²) in [5.41, 5.74) is -1.86. The molecule has 2 aromatic rings. The zero-order chi connectivity index (χ0) is 16.3. The summed E-state index contributed by atoms with van der Waals surface area (Å²) in [5.74, 6) is -0.558. The van der Waals surface area contributed by atoms with E-state index in [1.807, 2.05) is 6.92 Å². The predicted octanol–water partition coefficient (Wildman–Crippen LogP) is 3.13. The minimum absolute atomic E-state index is 0.142. The monoisotopic (exact) mass is 318 g/mol. The molecule has 0 aliphatic heterocycles. The van der Waals surface area contributed by atoms with E-state index in [4.69, 9.17) is 0 Å². The number of nitrogens with zero attached hydrogens (tertiary/aromatic N) is 3. The van der Waals surface area contributed by atoms with Gasteiger partial charge in [-0.05, 0) is 12.5 Å². The summed E-state index contributed by atoms with van der Waals surface area (Å²) in [6.45, 7) is 2.36. The summed E-state index contributed by atoms with van der Waals surface area (Å²) < 4.78 is 52.0. The number of amides is 1. The molecule has 0 atom stereocenters. The number of halogens is 4. The third-order valence-corrected chi connectivity index (χ3v) is 2.97. The van der Waals surface area contributed by atoms with Crippen LogP contribution in [0.4, 0.5) is 17.6 Å². The van der Waals surface area contributed by atoms with Gasteiger partial charge in [0.05, 0.1) is 0 Å². The van der Waals surface area contributed by atoms with Crippen molar-refractivity contribution in [2.75, 3.05) is 6.54 Å². The maximum Gasteiger partial charge on any atom is 0.280 e. The highest BCUT2D eigenvalue weighted by atomic mass is 19.3. The Kier molecular flexibility index (Phi) is 4.94. The average molecular weight is 318 g/mol. The summed E-state index contributed by atoms with van der Waals surface area (Å²) in [7, 11) is 0. The van der Waals surface area contributed by atoms with Crippen LogP contribution in [0.25, 0.3) is 5.65 Å².